The second-order valence-electron chi connectivity index (χ2n) is 14.3. The number of fused-ring (bicyclic) bond motifs is 6. The molecule has 54 heavy (non-hydrogen) atoms. The Morgan fingerprint density at radius 2 is 0.611 bits per heavy atom. The van der Waals surface area contributed by atoms with Crippen LogP contribution in [0.25, 0.3) is 89.4 Å². The van der Waals surface area contributed by atoms with Crippen LogP contribution in [-0.2, 0) is 0 Å². The molecule has 0 saturated heterocycles. The Bertz CT molecular complexity index is 2730. The molecule has 2 nitrogen and oxygen atoms in total. The summed E-state index contributed by atoms with van der Waals surface area (Å²) in [5.41, 5.74) is 17.1. The van der Waals surface area contributed by atoms with Gasteiger partial charge in [0.2, 0.25) is 0 Å². The molecule has 0 radical (unpaired) electrons. The van der Waals surface area contributed by atoms with Crippen LogP contribution in [0.2, 0.25) is 0 Å². The molecule has 0 aliphatic carbocycles. The van der Waals surface area contributed by atoms with Gasteiger partial charge in [0.05, 0.1) is 22.1 Å². The molecule has 0 N–H and O–H groups in total. The summed E-state index contributed by atoms with van der Waals surface area (Å²) in [7, 11) is 0. The summed E-state index contributed by atoms with van der Waals surface area (Å²) >= 11 is 0. The van der Waals surface area contributed by atoms with E-state index in [-0.39, 0.29) is 0 Å². The van der Waals surface area contributed by atoms with E-state index < -0.39 is 0 Å². The lowest BCUT2D eigenvalue weighted by molar-refractivity contribution is 1.18. The molecular weight excluding hydrogens is 653 g/mol. The van der Waals surface area contributed by atoms with Crippen molar-refractivity contribution in [1.29, 1.82) is 0 Å². The standard InChI is InChI=1S/C52H38N2/c1-35-33-41(39-25-29-43(30-26-39)53-49-15-7-3-11-45(49)46-12-4-8-16-50(46)53)23-21-37(35)19-20-38-22-24-42(34-36(38)2)40-27-31-44(32-28-40)54-51-17-9-5-13-47(51)48-14-6-10-18-52(48)54/h3-34H,1-2H3/b20-19+. The van der Waals surface area contributed by atoms with Crippen LogP contribution in [0, 0.1) is 13.8 Å². The van der Waals surface area contributed by atoms with E-state index in [0.717, 1.165) is 0 Å². The first-order valence-corrected chi connectivity index (χ1v) is 18.7. The maximum absolute atomic E-state index is 2.37. The molecule has 0 fully saturated rings. The molecule has 10 aromatic rings. The van der Waals surface area contributed by atoms with Crippen LogP contribution < -0.4 is 0 Å². The van der Waals surface area contributed by atoms with Crippen LogP contribution in [0.1, 0.15) is 22.3 Å². The Labute approximate surface area is 315 Å². The minimum Gasteiger partial charge on any atom is -0.309 e. The van der Waals surface area contributed by atoms with Crippen molar-refractivity contribution in [3.05, 3.63) is 204 Å². The zero-order valence-electron chi connectivity index (χ0n) is 30.4. The zero-order chi connectivity index (χ0) is 36.2. The average Bonchev–Trinajstić information content (AvgIpc) is 3.74. The van der Waals surface area contributed by atoms with Gasteiger partial charge in [-0.3, -0.25) is 0 Å². The third kappa shape index (κ3) is 5.35. The van der Waals surface area contributed by atoms with Gasteiger partial charge in [-0.2, -0.15) is 0 Å². The van der Waals surface area contributed by atoms with Crippen LogP contribution in [0.5, 0.6) is 0 Å². The molecule has 0 saturated carbocycles. The van der Waals surface area contributed by atoms with Crippen LogP contribution in [0.4, 0.5) is 0 Å². The molecule has 0 unspecified atom stereocenters. The molecule has 10 rings (SSSR count). The van der Waals surface area contributed by atoms with E-state index in [1.165, 1.54) is 99.5 Å². The SMILES string of the molecule is Cc1cc(-c2ccc(-n3c4ccccc4c4ccccc43)cc2)ccc1/C=C/c1ccc(-c2ccc(-n3c4ccccc4c4ccccc43)cc2)cc1C. The molecule has 256 valence electrons. The summed E-state index contributed by atoms with van der Waals surface area (Å²) in [4.78, 5) is 0. The molecule has 2 heteroatoms. The normalized spacial score (nSPS) is 11.8. The fourth-order valence-corrected chi connectivity index (χ4v) is 8.27. The summed E-state index contributed by atoms with van der Waals surface area (Å²) in [6.45, 7) is 4.41. The molecule has 0 bridgehead atoms. The quantitative estimate of drug-likeness (QED) is 0.154. The van der Waals surface area contributed by atoms with Gasteiger partial charge in [0, 0.05) is 32.9 Å². The lowest BCUT2D eigenvalue weighted by atomic mass is 9.97. The Morgan fingerprint density at radius 3 is 0.926 bits per heavy atom. The second kappa shape index (κ2) is 12.9. The van der Waals surface area contributed by atoms with Crippen LogP contribution in [0.15, 0.2) is 182 Å². The van der Waals surface area contributed by atoms with Gasteiger partial charge in [-0.15, -0.1) is 0 Å². The highest BCUT2D eigenvalue weighted by Crippen LogP contribution is 2.35. The molecule has 2 heterocycles. The lowest BCUT2D eigenvalue weighted by Gasteiger charge is -2.11. The number of nitrogens with zero attached hydrogens (tertiary/aromatic N) is 2. The number of hydrogen-bond acceptors (Lipinski definition) is 0. The van der Waals surface area contributed by atoms with E-state index in [0.29, 0.717) is 0 Å². The van der Waals surface area contributed by atoms with Gasteiger partial charge in [-0.05, 0) is 107 Å². The summed E-state index contributed by atoms with van der Waals surface area (Å²) in [5, 5.41) is 5.13. The fraction of sp³-hybridized carbons (Fsp3) is 0.0385. The van der Waals surface area contributed by atoms with E-state index in [1.54, 1.807) is 0 Å². The molecule has 0 spiro atoms. The predicted octanol–water partition coefficient (Wildman–Crippen LogP) is 14.0. The predicted molar refractivity (Wildman–Crippen MR) is 231 cm³/mol. The van der Waals surface area contributed by atoms with Gasteiger partial charge in [0.25, 0.3) is 0 Å². The van der Waals surface area contributed by atoms with E-state index in [1.807, 2.05) is 0 Å². The highest BCUT2D eigenvalue weighted by Gasteiger charge is 2.13. The number of hydrogen-bond donors (Lipinski definition) is 0. The number of rotatable bonds is 6. The summed E-state index contributed by atoms with van der Waals surface area (Å²) < 4.78 is 4.73. The molecule has 8 aromatic carbocycles. The third-order valence-corrected chi connectivity index (χ3v) is 11.1. The lowest BCUT2D eigenvalue weighted by Crippen LogP contribution is -1.93. The topological polar surface area (TPSA) is 9.86 Å². The summed E-state index contributed by atoms with van der Waals surface area (Å²) in [6.07, 6.45) is 4.49. The largest absolute Gasteiger partial charge is 0.309 e. The van der Waals surface area contributed by atoms with E-state index in [9.17, 15) is 0 Å². The van der Waals surface area contributed by atoms with Crippen molar-refractivity contribution in [2.45, 2.75) is 13.8 Å². The fourth-order valence-electron chi connectivity index (χ4n) is 8.27. The Balaban J connectivity index is 0.877. The number of aromatic nitrogens is 2. The van der Waals surface area contributed by atoms with Gasteiger partial charge in [0.15, 0.2) is 0 Å². The van der Waals surface area contributed by atoms with Gasteiger partial charge >= 0.3 is 0 Å². The van der Waals surface area contributed by atoms with E-state index in [4.69, 9.17) is 0 Å². The van der Waals surface area contributed by atoms with Crippen molar-refractivity contribution in [1.82, 2.24) is 9.13 Å². The van der Waals surface area contributed by atoms with Crippen molar-refractivity contribution < 1.29 is 0 Å². The first kappa shape index (κ1) is 31.8. The maximum Gasteiger partial charge on any atom is 0.0541 e. The number of para-hydroxylation sites is 4. The van der Waals surface area contributed by atoms with Gasteiger partial charge in [-0.25, -0.2) is 0 Å². The van der Waals surface area contributed by atoms with Crippen molar-refractivity contribution in [2.75, 3.05) is 0 Å². The average molecular weight is 691 g/mol. The van der Waals surface area contributed by atoms with Crippen LogP contribution in [-0.4, -0.2) is 9.13 Å². The Kier molecular flexibility index (Phi) is 7.63. The second-order valence-corrected chi connectivity index (χ2v) is 14.3. The van der Waals surface area contributed by atoms with Crippen molar-refractivity contribution in [2.24, 2.45) is 0 Å². The first-order chi connectivity index (χ1) is 26.6. The first-order valence-electron chi connectivity index (χ1n) is 18.7. The number of aryl methyl sites for hydroxylation is 2. The minimum absolute atomic E-state index is 1.17. The molecule has 0 amide bonds. The molecule has 0 aliphatic rings. The van der Waals surface area contributed by atoms with Crippen LogP contribution in [0.3, 0.4) is 0 Å². The summed E-state index contributed by atoms with van der Waals surface area (Å²) in [5.74, 6) is 0. The minimum atomic E-state index is 1.17. The smallest absolute Gasteiger partial charge is 0.0541 e. The maximum atomic E-state index is 2.37. The van der Waals surface area contributed by atoms with Crippen molar-refractivity contribution in [3.63, 3.8) is 0 Å². The molecule has 2 aromatic heterocycles. The highest BCUT2D eigenvalue weighted by molar-refractivity contribution is 6.10. The van der Waals surface area contributed by atoms with Crippen molar-refractivity contribution >= 4 is 55.8 Å². The number of benzene rings is 8. The molecular formula is C52H38N2. The molecule has 0 atom stereocenters. The van der Waals surface area contributed by atoms with Gasteiger partial charge in [0.1, 0.15) is 0 Å². The monoisotopic (exact) mass is 690 g/mol. The van der Waals surface area contributed by atoms with Gasteiger partial charge < -0.3 is 9.13 Å². The molecule has 0 aliphatic heterocycles. The zero-order valence-corrected chi connectivity index (χ0v) is 30.4. The van der Waals surface area contributed by atoms with Gasteiger partial charge in [-0.1, -0.05) is 146 Å². The highest BCUT2D eigenvalue weighted by atomic mass is 15.0. The van der Waals surface area contributed by atoms with Crippen molar-refractivity contribution in [3.8, 4) is 33.6 Å². The van der Waals surface area contributed by atoms with E-state index in [2.05, 4.69) is 217 Å². The third-order valence-electron chi connectivity index (χ3n) is 11.1. The van der Waals surface area contributed by atoms with Crippen LogP contribution >= 0.6 is 0 Å². The Hall–Kier alpha value is -6.90. The summed E-state index contributed by atoms with van der Waals surface area (Å²) in [6, 6.07) is 66.1. The Morgan fingerprint density at radius 1 is 0.315 bits per heavy atom. The van der Waals surface area contributed by atoms with E-state index >= 15 is 0 Å².